The molecule has 0 aromatic heterocycles. The van der Waals surface area contributed by atoms with E-state index in [1.54, 1.807) is 0 Å². The molecule has 3 heteroatoms. The van der Waals surface area contributed by atoms with Crippen molar-refractivity contribution in [3.8, 4) is 6.07 Å². The molecular weight excluding hydrogens is 174 g/mol. The summed E-state index contributed by atoms with van der Waals surface area (Å²) < 4.78 is 0. The van der Waals surface area contributed by atoms with Crippen LogP contribution < -0.4 is 5.32 Å². The fourth-order valence-electron chi connectivity index (χ4n) is 2.20. The van der Waals surface area contributed by atoms with Gasteiger partial charge in [0, 0.05) is 30.7 Å². The van der Waals surface area contributed by atoms with Gasteiger partial charge in [-0.1, -0.05) is 0 Å². The number of nitrogens with zero attached hydrogens (tertiary/aromatic N) is 2. The zero-order valence-corrected chi connectivity index (χ0v) is 9.67. The molecule has 0 spiro atoms. The van der Waals surface area contributed by atoms with E-state index in [4.69, 9.17) is 5.26 Å². The van der Waals surface area contributed by atoms with E-state index in [1.165, 1.54) is 0 Å². The Morgan fingerprint density at radius 3 is 2.71 bits per heavy atom. The van der Waals surface area contributed by atoms with E-state index < -0.39 is 0 Å². The Labute approximate surface area is 87.1 Å². The highest BCUT2D eigenvalue weighted by Gasteiger charge is 2.34. The monoisotopic (exact) mass is 195 g/mol. The maximum absolute atomic E-state index is 8.66. The lowest BCUT2D eigenvalue weighted by molar-refractivity contribution is 0.0387. The van der Waals surface area contributed by atoms with Gasteiger partial charge in [-0.25, -0.2) is 0 Å². The van der Waals surface area contributed by atoms with E-state index in [0.29, 0.717) is 18.5 Å². The lowest BCUT2D eigenvalue weighted by Crippen LogP contribution is -2.63. The molecule has 1 fully saturated rings. The van der Waals surface area contributed by atoms with Crippen molar-refractivity contribution in [1.82, 2.24) is 10.2 Å². The van der Waals surface area contributed by atoms with Gasteiger partial charge in [0.15, 0.2) is 0 Å². The first kappa shape index (κ1) is 11.5. The predicted molar refractivity (Wildman–Crippen MR) is 57.9 cm³/mol. The summed E-state index contributed by atoms with van der Waals surface area (Å²) in [5.74, 6) is 0. The molecular formula is C11H21N3. The van der Waals surface area contributed by atoms with Gasteiger partial charge in [-0.2, -0.15) is 5.26 Å². The summed E-state index contributed by atoms with van der Waals surface area (Å²) in [6, 6.07) is 3.13. The Hall–Kier alpha value is -0.590. The van der Waals surface area contributed by atoms with Crippen LogP contribution in [0.4, 0.5) is 0 Å². The van der Waals surface area contributed by atoms with Crippen LogP contribution in [-0.2, 0) is 0 Å². The lowest BCUT2D eigenvalue weighted by atomic mass is 9.95. The standard InChI is InChI=1S/C11H21N3/c1-9(2)14-7-10(5-6-12)13-8-11(14,3)4/h9-10,13H,5,7-8H2,1-4H3. The van der Waals surface area contributed by atoms with E-state index in [-0.39, 0.29) is 5.54 Å². The molecule has 1 saturated heterocycles. The number of piperazine rings is 1. The minimum Gasteiger partial charge on any atom is -0.310 e. The highest BCUT2D eigenvalue weighted by molar-refractivity contribution is 4.96. The maximum atomic E-state index is 8.66. The molecule has 1 atom stereocenters. The molecule has 0 radical (unpaired) electrons. The summed E-state index contributed by atoms with van der Waals surface area (Å²) in [6.45, 7) is 10.9. The van der Waals surface area contributed by atoms with Crippen molar-refractivity contribution in [2.45, 2.75) is 51.7 Å². The van der Waals surface area contributed by atoms with Gasteiger partial charge in [-0.3, -0.25) is 4.90 Å². The van der Waals surface area contributed by atoms with Crippen LogP contribution in [0.1, 0.15) is 34.1 Å². The molecule has 14 heavy (non-hydrogen) atoms. The Balaban J connectivity index is 2.64. The molecule has 1 N–H and O–H groups in total. The second-order valence-electron chi connectivity index (χ2n) is 5.00. The molecule has 1 aliphatic heterocycles. The van der Waals surface area contributed by atoms with E-state index in [9.17, 15) is 0 Å². The third kappa shape index (κ3) is 2.46. The second-order valence-corrected chi connectivity index (χ2v) is 5.00. The molecule has 1 unspecified atom stereocenters. The quantitative estimate of drug-likeness (QED) is 0.723. The van der Waals surface area contributed by atoms with Crippen molar-refractivity contribution < 1.29 is 0 Å². The zero-order valence-electron chi connectivity index (χ0n) is 9.67. The molecule has 0 bridgehead atoms. The highest BCUT2D eigenvalue weighted by atomic mass is 15.3. The lowest BCUT2D eigenvalue weighted by Gasteiger charge is -2.48. The maximum Gasteiger partial charge on any atom is 0.0638 e. The van der Waals surface area contributed by atoms with Gasteiger partial charge in [0.2, 0.25) is 0 Å². The summed E-state index contributed by atoms with van der Waals surface area (Å²) in [6.07, 6.45) is 0.610. The van der Waals surface area contributed by atoms with Crippen LogP contribution in [0.15, 0.2) is 0 Å². The molecule has 80 valence electrons. The minimum absolute atomic E-state index is 0.208. The van der Waals surface area contributed by atoms with Gasteiger partial charge in [0.05, 0.1) is 12.5 Å². The molecule has 0 aromatic carbocycles. The van der Waals surface area contributed by atoms with Gasteiger partial charge in [-0.15, -0.1) is 0 Å². The molecule has 0 aromatic rings. The SMILES string of the molecule is CC(C)N1CC(CC#N)NCC1(C)C. The van der Waals surface area contributed by atoms with E-state index >= 15 is 0 Å². The smallest absolute Gasteiger partial charge is 0.0638 e. The van der Waals surface area contributed by atoms with Crippen molar-refractivity contribution in [2.75, 3.05) is 13.1 Å². The Morgan fingerprint density at radius 1 is 1.57 bits per heavy atom. The van der Waals surface area contributed by atoms with Crippen LogP contribution in [0.2, 0.25) is 0 Å². The average molecular weight is 195 g/mol. The average Bonchev–Trinajstić information content (AvgIpc) is 2.08. The van der Waals surface area contributed by atoms with Crippen LogP contribution in [0.25, 0.3) is 0 Å². The van der Waals surface area contributed by atoms with Crippen molar-refractivity contribution >= 4 is 0 Å². The van der Waals surface area contributed by atoms with Crippen molar-refractivity contribution in [3.63, 3.8) is 0 Å². The van der Waals surface area contributed by atoms with E-state index in [2.05, 4.69) is 44.0 Å². The summed E-state index contributed by atoms with van der Waals surface area (Å²) in [5.41, 5.74) is 0.208. The van der Waals surface area contributed by atoms with Gasteiger partial charge < -0.3 is 5.32 Å². The van der Waals surface area contributed by atoms with Gasteiger partial charge in [0.1, 0.15) is 0 Å². The number of hydrogen-bond acceptors (Lipinski definition) is 3. The predicted octanol–water partition coefficient (Wildman–Crippen LogP) is 1.36. The zero-order chi connectivity index (χ0) is 10.8. The van der Waals surface area contributed by atoms with Gasteiger partial charge in [0.25, 0.3) is 0 Å². The summed E-state index contributed by atoms with van der Waals surface area (Å²) in [4.78, 5) is 2.48. The second kappa shape index (κ2) is 4.29. The van der Waals surface area contributed by atoms with Gasteiger partial charge in [-0.05, 0) is 27.7 Å². The highest BCUT2D eigenvalue weighted by Crippen LogP contribution is 2.21. The first-order valence-corrected chi connectivity index (χ1v) is 5.34. The Bertz CT molecular complexity index is 227. The Morgan fingerprint density at radius 2 is 2.21 bits per heavy atom. The van der Waals surface area contributed by atoms with Gasteiger partial charge >= 0.3 is 0 Å². The molecule has 1 aliphatic rings. The summed E-state index contributed by atoms with van der Waals surface area (Å²) in [7, 11) is 0. The fraction of sp³-hybridized carbons (Fsp3) is 0.909. The molecule has 1 rings (SSSR count). The largest absolute Gasteiger partial charge is 0.310 e. The summed E-state index contributed by atoms with van der Waals surface area (Å²) in [5, 5.41) is 12.1. The van der Waals surface area contributed by atoms with Crippen LogP contribution in [0, 0.1) is 11.3 Å². The molecule has 0 saturated carbocycles. The molecule has 0 amide bonds. The third-order valence-corrected chi connectivity index (χ3v) is 2.98. The number of nitriles is 1. The minimum atomic E-state index is 0.208. The summed E-state index contributed by atoms with van der Waals surface area (Å²) >= 11 is 0. The number of rotatable bonds is 2. The molecule has 0 aliphatic carbocycles. The van der Waals surface area contributed by atoms with Crippen LogP contribution >= 0.6 is 0 Å². The van der Waals surface area contributed by atoms with Crippen LogP contribution in [-0.4, -0.2) is 35.6 Å². The first-order chi connectivity index (χ1) is 6.47. The van der Waals surface area contributed by atoms with Crippen molar-refractivity contribution in [3.05, 3.63) is 0 Å². The fourth-order valence-corrected chi connectivity index (χ4v) is 2.20. The van der Waals surface area contributed by atoms with Crippen LogP contribution in [0.5, 0.6) is 0 Å². The topological polar surface area (TPSA) is 39.1 Å². The number of hydrogen-bond donors (Lipinski definition) is 1. The molecule has 1 heterocycles. The van der Waals surface area contributed by atoms with Crippen LogP contribution in [0.3, 0.4) is 0 Å². The Kier molecular flexibility index (Phi) is 3.52. The van der Waals surface area contributed by atoms with E-state index in [1.807, 2.05) is 0 Å². The first-order valence-electron chi connectivity index (χ1n) is 5.34. The molecule has 3 nitrogen and oxygen atoms in total. The van der Waals surface area contributed by atoms with E-state index in [0.717, 1.165) is 13.1 Å². The normalized spacial score (nSPS) is 27.6. The number of nitrogens with one attached hydrogen (secondary N) is 1. The van der Waals surface area contributed by atoms with Crippen molar-refractivity contribution in [1.29, 1.82) is 5.26 Å². The van der Waals surface area contributed by atoms with Crippen molar-refractivity contribution in [2.24, 2.45) is 0 Å². The third-order valence-electron chi connectivity index (χ3n) is 2.98.